The number of anilines is 1. The molecule has 7 nitrogen and oxygen atoms in total. The number of para-hydroxylation sites is 1. The number of hydrogen-bond donors (Lipinski definition) is 1. The lowest BCUT2D eigenvalue weighted by atomic mass is 10.2. The van der Waals surface area contributed by atoms with Crippen molar-refractivity contribution < 1.29 is 23.6 Å². The summed E-state index contributed by atoms with van der Waals surface area (Å²) >= 11 is 0. The molecule has 8 heteroatoms. The van der Waals surface area contributed by atoms with E-state index in [2.05, 4.69) is 5.32 Å². The molecule has 0 aliphatic carbocycles. The van der Waals surface area contributed by atoms with Crippen LogP contribution in [-0.4, -0.2) is 23.2 Å². The maximum absolute atomic E-state index is 13.5. The molecule has 2 rings (SSSR count). The highest BCUT2D eigenvalue weighted by Crippen LogP contribution is 2.28. The molecule has 0 radical (unpaired) electrons. The predicted molar refractivity (Wildman–Crippen MR) is 83.6 cm³/mol. The Morgan fingerprint density at radius 1 is 1.33 bits per heavy atom. The maximum Gasteiger partial charge on any atom is 0.311 e. The van der Waals surface area contributed by atoms with Gasteiger partial charge in [-0.1, -0.05) is 12.1 Å². The highest BCUT2D eigenvalue weighted by molar-refractivity contribution is 5.94. The Balaban J connectivity index is 2.15. The molecule has 0 aromatic heterocycles. The fraction of sp³-hybridized carbons (Fsp3) is 0.125. The van der Waals surface area contributed by atoms with E-state index in [0.717, 1.165) is 6.07 Å². The van der Waals surface area contributed by atoms with Gasteiger partial charge in [-0.25, -0.2) is 4.39 Å². The summed E-state index contributed by atoms with van der Waals surface area (Å²) in [5.41, 5.74) is -0.355. The lowest BCUT2D eigenvalue weighted by molar-refractivity contribution is -0.386. The number of ether oxygens (including phenoxy) is 1. The maximum atomic E-state index is 13.5. The Labute approximate surface area is 136 Å². The van der Waals surface area contributed by atoms with Gasteiger partial charge >= 0.3 is 5.69 Å². The van der Waals surface area contributed by atoms with Crippen molar-refractivity contribution in [3.63, 3.8) is 0 Å². The van der Waals surface area contributed by atoms with E-state index < -0.39 is 28.4 Å². The van der Waals surface area contributed by atoms with Crippen LogP contribution in [0.2, 0.25) is 0 Å². The molecule has 2 aromatic rings. The minimum atomic E-state index is -1.12. The van der Waals surface area contributed by atoms with Gasteiger partial charge in [0.15, 0.2) is 11.9 Å². The molecule has 0 bridgehead atoms. The zero-order chi connectivity index (χ0) is 17.7. The van der Waals surface area contributed by atoms with Gasteiger partial charge in [-0.05, 0) is 31.2 Å². The summed E-state index contributed by atoms with van der Waals surface area (Å²) in [6, 6.07) is 9.19. The molecular formula is C16H13FN2O5. The van der Waals surface area contributed by atoms with E-state index in [1.807, 2.05) is 0 Å². The Bertz CT molecular complexity index is 794. The Morgan fingerprint density at radius 2 is 2.04 bits per heavy atom. The average Bonchev–Trinajstić information content (AvgIpc) is 2.57. The lowest BCUT2D eigenvalue weighted by Gasteiger charge is -2.15. The monoisotopic (exact) mass is 332 g/mol. The summed E-state index contributed by atoms with van der Waals surface area (Å²) in [6.45, 7) is 1.37. The van der Waals surface area contributed by atoms with Gasteiger partial charge in [-0.3, -0.25) is 19.7 Å². The molecule has 124 valence electrons. The van der Waals surface area contributed by atoms with Gasteiger partial charge in [-0.2, -0.15) is 0 Å². The molecule has 0 saturated carbocycles. The third-order valence-electron chi connectivity index (χ3n) is 3.12. The Hall–Kier alpha value is -3.29. The minimum absolute atomic E-state index is 0.0243. The summed E-state index contributed by atoms with van der Waals surface area (Å²) in [7, 11) is 0. The third-order valence-corrected chi connectivity index (χ3v) is 3.12. The Kier molecular flexibility index (Phi) is 5.20. The molecule has 0 spiro atoms. The number of nitrogens with zero attached hydrogens (tertiary/aromatic N) is 1. The van der Waals surface area contributed by atoms with Crippen LogP contribution in [0.25, 0.3) is 0 Å². The van der Waals surface area contributed by atoms with Crippen LogP contribution in [0.4, 0.5) is 15.8 Å². The summed E-state index contributed by atoms with van der Waals surface area (Å²) in [5, 5.41) is 13.4. The topological polar surface area (TPSA) is 98.5 Å². The van der Waals surface area contributed by atoms with Crippen LogP contribution in [0, 0.1) is 15.9 Å². The number of benzene rings is 2. The molecule has 0 fully saturated rings. The number of nitro groups is 1. The molecule has 0 unspecified atom stereocenters. The van der Waals surface area contributed by atoms with Gasteiger partial charge in [0.1, 0.15) is 12.1 Å². The zero-order valence-corrected chi connectivity index (χ0v) is 12.6. The number of carbonyl (C=O) groups excluding carboxylic acids is 2. The molecule has 0 heterocycles. The van der Waals surface area contributed by atoms with Crippen molar-refractivity contribution in [1.82, 2.24) is 0 Å². The molecule has 0 aliphatic heterocycles. The van der Waals surface area contributed by atoms with Crippen LogP contribution < -0.4 is 10.1 Å². The fourth-order valence-electron chi connectivity index (χ4n) is 1.89. The van der Waals surface area contributed by atoms with Gasteiger partial charge in [0.25, 0.3) is 5.91 Å². The molecule has 1 amide bonds. The van der Waals surface area contributed by atoms with E-state index in [1.54, 1.807) is 6.07 Å². The van der Waals surface area contributed by atoms with E-state index in [1.165, 1.54) is 37.3 Å². The van der Waals surface area contributed by atoms with E-state index in [9.17, 15) is 24.1 Å². The fourth-order valence-corrected chi connectivity index (χ4v) is 1.89. The van der Waals surface area contributed by atoms with Gasteiger partial charge in [0.2, 0.25) is 0 Å². The van der Waals surface area contributed by atoms with Crippen molar-refractivity contribution >= 4 is 23.6 Å². The molecule has 1 atom stereocenters. The number of amides is 1. The van der Waals surface area contributed by atoms with Gasteiger partial charge in [0, 0.05) is 11.6 Å². The summed E-state index contributed by atoms with van der Waals surface area (Å²) in [4.78, 5) is 33.1. The molecule has 0 aliphatic rings. The number of rotatable bonds is 6. The number of halogens is 1. The van der Waals surface area contributed by atoms with Gasteiger partial charge in [-0.15, -0.1) is 0 Å². The quantitative estimate of drug-likeness (QED) is 0.498. The molecule has 24 heavy (non-hydrogen) atoms. The summed E-state index contributed by atoms with van der Waals surface area (Å²) in [6.07, 6.45) is -0.657. The van der Waals surface area contributed by atoms with E-state index in [-0.39, 0.29) is 17.0 Å². The standard InChI is InChI=1S/C16H13FN2O5/c1-10(16(21)18-13-5-3-2-4-12(13)17)24-15-7-6-11(9-20)8-14(15)19(22)23/h2-10H,1H3,(H,18,21)/t10-/m0/s1. The number of nitro benzene ring substituents is 1. The summed E-state index contributed by atoms with van der Waals surface area (Å²) in [5.74, 6) is -1.45. The highest BCUT2D eigenvalue weighted by Gasteiger charge is 2.22. The molecule has 2 aromatic carbocycles. The van der Waals surface area contributed by atoms with Crippen LogP contribution in [0.3, 0.4) is 0 Å². The second-order valence-corrected chi connectivity index (χ2v) is 4.83. The normalized spacial score (nSPS) is 11.4. The minimum Gasteiger partial charge on any atom is -0.474 e. The van der Waals surface area contributed by atoms with Crippen molar-refractivity contribution in [3.8, 4) is 5.75 Å². The molecular weight excluding hydrogens is 319 g/mol. The number of carbonyl (C=O) groups is 2. The first-order valence-corrected chi connectivity index (χ1v) is 6.88. The van der Waals surface area contributed by atoms with Crippen LogP contribution in [-0.2, 0) is 4.79 Å². The van der Waals surface area contributed by atoms with E-state index >= 15 is 0 Å². The highest BCUT2D eigenvalue weighted by atomic mass is 19.1. The number of hydrogen-bond acceptors (Lipinski definition) is 5. The van der Waals surface area contributed by atoms with Crippen molar-refractivity contribution in [2.45, 2.75) is 13.0 Å². The number of aldehydes is 1. The SMILES string of the molecule is C[C@H](Oc1ccc(C=O)cc1[N+](=O)[O-])C(=O)Nc1ccccc1F. The zero-order valence-electron chi connectivity index (χ0n) is 12.6. The average molecular weight is 332 g/mol. The number of nitrogens with one attached hydrogen (secondary N) is 1. The van der Waals surface area contributed by atoms with Crippen molar-refractivity contribution in [1.29, 1.82) is 0 Å². The van der Waals surface area contributed by atoms with Crippen LogP contribution in [0.5, 0.6) is 5.75 Å². The predicted octanol–water partition coefficient (Wildman–Crippen LogP) is 2.95. The molecule has 0 saturated heterocycles. The van der Waals surface area contributed by atoms with Crippen molar-refractivity contribution in [2.24, 2.45) is 0 Å². The van der Waals surface area contributed by atoms with Crippen molar-refractivity contribution in [3.05, 3.63) is 64.0 Å². The van der Waals surface area contributed by atoms with Crippen LogP contribution in [0.15, 0.2) is 42.5 Å². The Morgan fingerprint density at radius 3 is 2.67 bits per heavy atom. The van der Waals surface area contributed by atoms with Crippen LogP contribution >= 0.6 is 0 Å². The lowest BCUT2D eigenvalue weighted by Crippen LogP contribution is -2.30. The largest absolute Gasteiger partial charge is 0.474 e. The first-order valence-electron chi connectivity index (χ1n) is 6.88. The third kappa shape index (κ3) is 3.92. The first-order chi connectivity index (χ1) is 11.4. The summed E-state index contributed by atoms with van der Waals surface area (Å²) < 4.78 is 18.8. The van der Waals surface area contributed by atoms with Gasteiger partial charge in [0.05, 0.1) is 10.6 Å². The van der Waals surface area contributed by atoms with Crippen LogP contribution in [0.1, 0.15) is 17.3 Å². The van der Waals surface area contributed by atoms with E-state index in [4.69, 9.17) is 4.74 Å². The molecule has 1 N–H and O–H groups in total. The van der Waals surface area contributed by atoms with E-state index in [0.29, 0.717) is 6.29 Å². The van der Waals surface area contributed by atoms with Gasteiger partial charge < -0.3 is 10.1 Å². The second kappa shape index (κ2) is 7.32. The first kappa shape index (κ1) is 17.1. The second-order valence-electron chi connectivity index (χ2n) is 4.83. The smallest absolute Gasteiger partial charge is 0.311 e. The van der Waals surface area contributed by atoms with Crippen molar-refractivity contribution in [2.75, 3.05) is 5.32 Å².